The molecule has 1 N–H and O–H groups in total. The lowest BCUT2D eigenvalue weighted by molar-refractivity contribution is -0.130. The van der Waals surface area contributed by atoms with Crippen LogP contribution in [-0.4, -0.2) is 45.3 Å². The molecule has 1 fully saturated rings. The van der Waals surface area contributed by atoms with Crippen LogP contribution in [0.15, 0.2) is 0 Å². The van der Waals surface area contributed by atoms with Gasteiger partial charge in [-0.3, -0.25) is 14.3 Å². The van der Waals surface area contributed by atoms with Gasteiger partial charge < -0.3 is 4.90 Å². The van der Waals surface area contributed by atoms with Crippen molar-refractivity contribution in [2.45, 2.75) is 51.1 Å². The summed E-state index contributed by atoms with van der Waals surface area (Å²) in [5.74, 6) is 0.159. The Balaban J connectivity index is 2.69. The number of nitrogens with zero attached hydrogens (tertiary/aromatic N) is 1. The van der Waals surface area contributed by atoms with Gasteiger partial charge in [-0.2, -0.15) is 0 Å². The molecule has 5 heteroatoms. The lowest BCUT2D eigenvalue weighted by Gasteiger charge is -2.25. The van der Waals surface area contributed by atoms with E-state index in [1.165, 1.54) is 0 Å². The van der Waals surface area contributed by atoms with E-state index in [9.17, 15) is 9.00 Å². The molecule has 16 heavy (non-hydrogen) atoms. The molecule has 0 aromatic heterocycles. The molecule has 1 aliphatic heterocycles. The molecule has 1 amide bonds. The average molecular weight is 246 g/mol. The molecule has 4 unspecified atom stereocenters. The van der Waals surface area contributed by atoms with Crippen LogP contribution in [0, 0.1) is 0 Å². The highest BCUT2D eigenvalue weighted by molar-refractivity contribution is 7.84. The smallest absolute Gasteiger partial charge is 0.241 e. The number of carbonyl (C=O) groups is 1. The SMILES string of the molecule is CCC1NC(CC)N(CC(C)S(C)=O)C1=O. The zero-order valence-corrected chi connectivity index (χ0v) is 11.3. The van der Waals surface area contributed by atoms with E-state index >= 15 is 0 Å². The maximum Gasteiger partial charge on any atom is 0.241 e. The van der Waals surface area contributed by atoms with Crippen molar-refractivity contribution in [3.8, 4) is 0 Å². The zero-order valence-electron chi connectivity index (χ0n) is 10.5. The summed E-state index contributed by atoms with van der Waals surface area (Å²) in [5.41, 5.74) is 0. The summed E-state index contributed by atoms with van der Waals surface area (Å²) < 4.78 is 11.3. The Morgan fingerprint density at radius 2 is 2.06 bits per heavy atom. The fourth-order valence-corrected chi connectivity index (χ4v) is 2.35. The molecule has 0 aliphatic carbocycles. The fraction of sp³-hybridized carbons (Fsp3) is 0.909. The maximum atomic E-state index is 12.0. The van der Waals surface area contributed by atoms with Crippen LogP contribution in [0.1, 0.15) is 33.6 Å². The predicted octanol–water partition coefficient (Wildman–Crippen LogP) is 0.700. The minimum Gasteiger partial charge on any atom is -0.325 e. The Labute approximate surface area is 100 Å². The summed E-state index contributed by atoms with van der Waals surface area (Å²) in [5, 5.41) is 3.35. The van der Waals surface area contributed by atoms with Gasteiger partial charge in [0.15, 0.2) is 0 Å². The third-order valence-electron chi connectivity index (χ3n) is 3.17. The number of amides is 1. The second-order valence-corrected chi connectivity index (χ2v) is 6.15. The molecular weight excluding hydrogens is 224 g/mol. The van der Waals surface area contributed by atoms with Crippen molar-refractivity contribution in [2.24, 2.45) is 0 Å². The molecule has 94 valence electrons. The maximum absolute atomic E-state index is 12.0. The Bertz CT molecular complexity index is 283. The summed E-state index contributed by atoms with van der Waals surface area (Å²) in [4.78, 5) is 13.9. The van der Waals surface area contributed by atoms with E-state index in [0.717, 1.165) is 12.8 Å². The van der Waals surface area contributed by atoms with Crippen LogP contribution < -0.4 is 5.32 Å². The Kier molecular flexibility index (Phi) is 4.92. The monoisotopic (exact) mass is 246 g/mol. The van der Waals surface area contributed by atoms with Crippen LogP contribution >= 0.6 is 0 Å². The van der Waals surface area contributed by atoms with Crippen molar-refractivity contribution in [1.82, 2.24) is 10.2 Å². The summed E-state index contributed by atoms with van der Waals surface area (Å²) >= 11 is 0. The third kappa shape index (κ3) is 2.83. The minimum atomic E-state index is -0.873. The van der Waals surface area contributed by atoms with E-state index in [1.54, 1.807) is 6.26 Å². The number of hydrogen-bond acceptors (Lipinski definition) is 3. The number of nitrogens with one attached hydrogen (secondary N) is 1. The van der Waals surface area contributed by atoms with Crippen molar-refractivity contribution >= 4 is 16.7 Å². The topological polar surface area (TPSA) is 49.4 Å². The first-order chi connectivity index (χ1) is 7.51. The molecule has 1 rings (SSSR count). The van der Waals surface area contributed by atoms with Gasteiger partial charge in [0, 0.05) is 28.9 Å². The van der Waals surface area contributed by atoms with Crippen molar-refractivity contribution in [3.63, 3.8) is 0 Å². The minimum absolute atomic E-state index is 0.0374. The first-order valence-electron chi connectivity index (χ1n) is 5.90. The van der Waals surface area contributed by atoms with Crippen LogP contribution in [0.2, 0.25) is 0 Å². The van der Waals surface area contributed by atoms with E-state index in [0.29, 0.717) is 6.54 Å². The molecule has 4 nitrogen and oxygen atoms in total. The van der Waals surface area contributed by atoms with Crippen LogP contribution in [0.5, 0.6) is 0 Å². The van der Waals surface area contributed by atoms with Gasteiger partial charge in [-0.05, 0) is 19.8 Å². The zero-order chi connectivity index (χ0) is 12.3. The quantitative estimate of drug-likeness (QED) is 0.777. The summed E-state index contributed by atoms with van der Waals surface area (Å²) in [6, 6.07) is -0.0533. The summed E-state index contributed by atoms with van der Waals surface area (Å²) in [7, 11) is -0.873. The van der Waals surface area contributed by atoms with Crippen LogP contribution in [0.4, 0.5) is 0 Å². The second-order valence-electron chi connectivity index (χ2n) is 4.35. The predicted molar refractivity (Wildman–Crippen MR) is 66.5 cm³/mol. The van der Waals surface area contributed by atoms with Crippen LogP contribution in [0.3, 0.4) is 0 Å². The van der Waals surface area contributed by atoms with E-state index in [4.69, 9.17) is 0 Å². The first kappa shape index (κ1) is 13.6. The number of rotatable bonds is 5. The molecule has 0 bridgehead atoms. The van der Waals surface area contributed by atoms with Gasteiger partial charge in [0.1, 0.15) is 0 Å². The Morgan fingerprint density at radius 1 is 1.44 bits per heavy atom. The molecule has 4 atom stereocenters. The van der Waals surface area contributed by atoms with E-state index in [2.05, 4.69) is 12.2 Å². The fourth-order valence-electron chi connectivity index (χ4n) is 1.98. The highest BCUT2D eigenvalue weighted by Gasteiger charge is 2.37. The summed E-state index contributed by atoms with van der Waals surface area (Å²) in [6.45, 7) is 6.58. The van der Waals surface area contributed by atoms with Crippen molar-refractivity contribution in [2.75, 3.05) is 12.8 Å². The van der Waals surface area contributed by atoms with Gasteiger partial charge in [-0.1, -0.05) is 13.8 Å². The standard InChI is InChI=1S/C11H22N2O2S/c1-5-9-11(14)13(10(6-2)12-9)7-8(3)16(4)15/h8-10,12H,5-7H2,1-4H3. The van der Waals surface area contributed by atoms with Gasteiger partial charge in [0.25, 0.3) is 0 Å². The van der Waals surface area contributed by atoms with Gasteiger partial charge in [-0.25, -0.2) is 0 Å². The molecule has 0 aromatic rings. The normalized spacial score (nSPS) is 29.5. The van der Waals surface area contributed by atoms with E-state index in [1.807, 2.05) is 18.7 Å². The highest BCUT2D eigenvalue weighted by atomic mass is 32.2. The third-order valence-corrected chi connectivity index (χ3v) is 4.45. The van der Waals surface area contributed by atoms with E-state index in [-0.39, 0.29) is 23.4 Å². The number of hydrogen-bond donors (Lipinski definition) is 1. The molecule has 1 saturated heterocycles. The van der Waals surface area contributed by atoms with Gasteiger partial charge in [0.2, 0.25) is 5.91 Å². The number of carbonyl (C=O) groups excluding carboxylic acids is 1. The lowest BCUT2D eigenvalue weighted by atomic mass is 10.2. The molecule has 0 saturated carbocycles. The highest BCUT2D eigenvalue weighted by Crippen LogP contribution is 2.16. The van der Waals surface area contributed by atoms with Gasteiger partial charge >= 0.3 is 0 Å². The molecule has 0 aromatic carbocycles. The summed E-state index contributed by atoms with van der Waals surface area (Å²) in [6.07, 6.45) is 3.51. The van der Waals surface area contributed by atoms with Gasteiger partial charge in [-0.15, -0.1) is 0 Å². The molecule has 0 radical (unpaired) electrons. The van der Waals surface area contributed by atoms with Crippen molar-refractivity contribution in [1.29, 1.82) is 0 Å². The molecule has 1 heterocycles. The van der Waals surface area contributed by atoms with Crippen LogP contribution in [-0.2, 0) is 15.6 Å². The van der Waals surface area contributed by atoms with Crippen molar-refractivity contribution in [3.05, 3.63) is 0 Å². The van der Waals surface area contributed by atoms with Crippen molar-refractivity contribution < 1.29 is 9.00 Å². The Hall–Kier alpha value is -0.420. The van der Waals surface area contributed by atoms with Crippen LogP contribution in [0.25, 0.3) is 0 Å². The van der Waals surface area contributed by atoms with Gasteiger partial charge in [0.05, 0.1) is 12.2 Å². The molecular formula is C11H22N2O2S. The Morgan fingerprint density at radius 3 is 2.50 bits per heavy atom. The average Bonchev–Trinajstić information content (AvgIpc) is 2.55. The first-order valence-corrected chi connectivity index (χ1v) is 7.52. The van der Waals surface area contributed by atoms with E-state index < -0.39 is 10.8 Å². The lowest BCUT2D eigenvalue weighted by Crippen LogP contribution is -2.41. The second kappa shape index (κ2) is 5.77. The molecule has 1 aliphatic rings. The molecule has 0 spiro atoms. The largest absolute Gasteiger partial charge is 0.325 e.